The van der Waals surface area contributed by atoms with Crippen molar-refractivity contribution in [3.63, 3.8) is 0 Å². The van der Waals surface area contributed by atoms with E-state index in [1.54, 1.807) is 0 Å². The molecule has 3 rings (SSSR count). The molecule has 1 aliphatic carbocycles. The highest BCUT2D eigenvalue weighted by atomic mass is 16.5. The van der Waals surface area contributed by atoms with E-state index in [9.17, 15) is 4.79 Å². The predicted molar refractivity (Wildman–Crippen MR) is 64.1 cm³/mol. The fraction of sp³-hybridized carbons (Fsp3) is 0.308. The molecule has 1 amide bonds. The van der Waals surface area contributed by atoms with Gasteiger partial charge in [0.15, 0.2) is 5.82 Å². The van der Waals surface area contributed by atoms with Crippen LogP contribution in [0.25, 0.3) is 0 Å². The molecule has 0 atom stereocenters. The SMILES string of the molecule is NC(=O)c1nc(Cc2ccc3c(c2)CCC3)no1. The molecule has 92 valence electrons. The van der Waals surface area contributed by atoms with Gasteiger partial charge in [0, 0.05) is 6.42 Å². The minimum Gasteiger partial charge on any atom is -0.361 e. The summed E-state index contributed by atoms with van der Waals surface area (Å²) in [7, 11) is 0. The van der Waals surface area contributed by atoms with Gasteiger partial charge in [-0.05, 0) is 36.0 Å². The molecule has 0 unspecified atom stereocenters. The number of aromatic nitrogens is 2. The van der Waals surface area contributed by atoms with E-state index in [4.69, 9.17) is 10.3 Å². The van der Waals surface area contributed by atoms with Gasteiger partial charge in [0.25, 0.3) is 0 Å². The zero-order chi connectivity index (χ0) is 12.5. The number of hydrogen-bond acceptors (Lipinski definition) is 4. The van der Waals surface area contributed by atoms with Gasteiger partial charge in [-0.15, -0.1) is 0 Å². The molecule has 0 spiro atoms. The van der Waals surface area contributed by atoms with E-state index in [2.05, 4.69) is 28.3 Å². The van der Waals surface area contributed by atoms with Crippen molar-refractivity contribution in [1.29, 1.82) is 0 Å². The van der Waals surface area contributed by atoms with Gasteiger partial charge in [-0.25, -0.2) is 0 Å². The Morgan fingerprint density at radius 1 is 1.33 bits per heavy atom. The molecule has 0 saturated heterocycles. The van der Waals surface area contributed by atoms with Crippen LogP contribution < -0.4 is 5.73 Å². The van der Waals surface area contributed by atoms with Crippen LogP contribution >= 0.6 is 0 Å². The van der Waals surface area contributed by atoms with Gasteiger partial charge < -0.3 is 10.3 Å². The van der Waals surface area contributed by atoms with Gasteiger partial charge in [-0.3, -0.25) is 4.79 Å². The first kappa shape index (κ1) is 11.0. The zero-order valence-corrected chi connectivity index (χ0v) is 9.85. The normalized spacial score (nSPS) is 13.6. The highest BCUT2D eigenvalue weighted by Gasteiger charge is 2.14. The predicted octanol–water partition coefficient (Wildman–Crippen LogP) is 1.25. The number of carbonyl (C=O) groups is 1. The van der Waals surface area contributed by atoms with Crippen LogP contribution in [0.15, 0.2) is 22.7 Å². The summed E-state index contributed by atoms with van der Waals surface area (Å²) in [5.41, 5.74) is 9.03. The summed E-state index contributed by atoms with van der Waals surface area (Å²) in [5, 5.41) is 3.74. The molecule has 0 saturated carbocycles. The Balaban J connectivity index is 1.81. The molecule has 1 heterocycles. The number of fused-ring (bicyclic) bond motifs is 1. The molecule has 2 N–H and O–H groups in total. The van der Waals surface area contributed by atoms with Crippen LogP contribution in [-0.2, 0) is 19.3 Å². The number of nitrogens with two attached hydrogens (primary N) is 1. The second-order valence-electron chi connectivity index (χ2n) is 4.51. The third-order valence-corrected chi connectivity index (χ3v) is 3.20. The topological polar surface area (TPSA) is 82.0 Å². The minimum absolute atomic E-state index is 0.133. The maximum atomic E-state index is 10.8. The van der Waals surface area contributed by atoms with Gasteiger partial charge >= 0.3 is 11.8 Å². The second kappa shape index (κ2) is 4.25. The van der Waals surface area contributed by atoms with Crippen LogP contribution in [0.2, 0.25) is 0 Å². The van der Waals surface area contributed by atoms with Crippen LogP contribution in [0.4, 0.5) is 0 Å². The molecular weight excluding hydrogens is 230 g/mol. The average Bonchev–Trinajstić information content (AvgIpc) is 2.96. The Labute approximate surface area is 104 Å². The Morgan fingerprint density at radius 2 is 2.17 bits per heavy atom. The summed E-state index contributed by atoms with van der Waals surface area (Å²) in [5.74, 6) is -0.337. The summed E-state index contributed by atoms with van der Waals surface area (Å²) in [6.45, 7) is 0. The van der Waals surface area contributed by atoms with Crippen molar-refractivity contribution in [2.45, 2.75) is 25.7 Å². The number of primary amides is 1. The van der Waals surface area contributed by atoms with Crippen LogP contribution in [0.1, 0.15) is 39.6 Å². The van der Waals surface area contributed by atoms with Crippen molar-refractivity contribution in [3.8, 4) is 0 Å². The monoisotopic (exact) mass is 243 g/mol. The van der Waals surface area contributed by atoms with Crippen LogP contribution in [0, 0.1) is 0 Å². The number of rotatable bonds is 3. The number of hydrogen-bond donors (Lipinski definition) is 1. The summed E-state index contributed by atoms with van der Waals surface area (Å²) in [6.07, 6.45) is 4.10. The number of nitrogens with zero attached hydrogens (tertiary/aromatic N) is 2. The maximum absolute atomic E-state index is 10.8. The molecule has 0 aliphatic heterocycles. The highest BCUT2D eigenvalue weighted by molar-refractivity contribution is 5.87. The first-order valence-electron chi connectivity index (χ1n) is 5.95. The van der Waals surface area contributed by atoms with Gasteiger partial charge in [-0.1, -0.05) is 23.4 Å². The van der Waals surface area contributed by atoms with E-state index in [0.29, 0.717) is 12.2 Å². The molecule has 1 aromatic heterocycles. The fourth-order valence-electron chi connectivity index (χ4n) is 2.34. The Kier molecular flexibility index (Phi) is 2.59. The van der Waals surface area contributed by atoms with Crippen molar-refractivity contribution in [1.82, 2.24) is 10.1 Å². The van der Waals surface area contributed by atoms with Crippen molar-refractivity contribution < 1.29 is 9.32 Å². The number of aryl methyl sites for hydroxylation is 2. The Morgan fingerprint density at radius 3 is 2.94 bits per heavy atom. The largest absolute Gasteiger partial charge is 0.361 e. The summed E-state index contributed by atoms with van der Waals surface area (Å²) in [6, 6.07) is 6.42. The van der Waals surface area contributed by atoms with E-state index in [1.165, 1.54) is 24.0 Å². The van der Waals surface area contributed by atoms with E-state index < -0.39 is 5.91 Å². The van der Waals surface area contributed by atoms with Gasteiger partial charge in [0.1, 0.15) is 0 Å². The molecule has 5 heteroatoms. The fourth-order valence-corrected chi connectivity index (χ4v) is 2.34. The van der Waals surface area contributed by atoms with Crippen molar-refractivity contribution in [3.05, 3.63) is 46.6 Å². The van der Waals surface area contributed by atoms with Crippen LogP contribution in [0.3, 0.4) is 0 Å². The van der Waals surface area contributed by atoms with Crippen molar-refractivity contribution in [2.75, 3.05) is 0 Å². The molecule has 18 heavy (non-hydrogen) atoms. The quantitative estimate of drug-likeness (QED) is 0.879. The lowest BCUT2D eigenvalue weighted by atomic mass is 10.0. The lowest BCUT2D eigenvalue weighted by Crippen LogP contribution is -2.11. The molecule has 0 bridgehead atoms. The summed E-state index contributed by atoms with van der Waals surface area (Å²) < 4.78 is 4.76. The average molecular weight is 243 g/mol. The lowest BCUT2D eigenvalue weighted by molar-refractivity contribution is 0.0958. The van der Waals surface area contributed by atoms with Gasteiger partial charge in [-0.2, -0.15) is 4.98 Å². The number of amides is 1. The van der Waals surface area contributed by atoms with E-state index in [1.807, 2.05) is 0 Å². The standard InChI is InChI=1S/C13H13N3O2/c14-12(17)13-15-11(16-18-13)7-8-4-5-9-2-1-3-10(9)6-8/h4-6H,1-3,7H2,(H2,14,17). The third-order valence-electron chi connectivity index (χ3n) is 3.20. The van der Waals surface area contributed by atoms with Gasteiger partial charge in [0.2, 0.25) is 0 Å². The number of carbonyl (C=O) groups excluding carboxylic acids is 1. The minimum atomic E-state index is -0.692. The van der Waals surface area contributed by atoms with Crippen molar-refractivity contribution in [2.24, 2.45) is 5.73 Å². The van der Waals surface area contributed by atoms with Crippen LogP contribution in [-0.4, -0.2) is 16.0 Å². The van der Waals surface area contributed by atoms with Crippen LogP contribution in [0.5, 0.6) is 0 Å². The van der Waals surface area contributed by atoms with E-state index in [-0.39, 0.29) is 5.89 Å². The maximum Gasteiger partial charge on any atom is 0.315 e. The lowest BCUT2D eigenvalue weighted by Gasteiger charge is -2.02. The van der Waals surface area contributed by atoms with Gasteiger partial charge in [0.05, 0.1) is 0 Å². The molecule has 5 nitrogen and oxygen atoms in total. The molecular formula is C13H13N3O2. The molecule has 0 radical (unpaired) electrons. The first-order valence-corrected chi connectivity index (χ1v) is 5.95. The molecule has 1 aromatic carbocycles. The molecule has 2 aromatic rings. The second-order valence-corrected chi connectivity index (χ2v) is 4.51. The highest BCUT2D eigenvalue weighted by Crippen LogP contribution is 2.23. The third kappa shape index (κ3) is 1.99. The summed E-state index contributed by atoms with van der Waals surface area (Å²) in [4.78, 5) is 14.8. The molecule has 1 aliphatic rings. The zero-order valence-electron chi connectivity index (χ0n) is 9.85. The van der Waals surface area contributed by atoms with E-state index in [0.717, 1.165) is 12.0 Å². The van der Waals surface area contributed by atoms with Crippen molar-refractivity contribution >= 4 is 5.91 Å². The molecule has 0 fully saturated rings. The Bertz CT molecular complexity index is 604. The van der Waals surface area contributed by atoms with E-state index >= 15 is 0 Å². The smallest absolute Gasteiger partial charge is 0.315 e. The Hall–Kier alpha value is -2.17. The first-order chi connectivity index (χ1) is 8.72. The number of benzene rings is 1. The summed E-state index contributed by atoms with van der Waals surface area (Å²) >= 11 is 0.